The minimum Gasteiger partial charge on any atom is -0.469 e. The number of methoxy groups -OCH3 is 1. The molecule has 1 N–H and O–H groups in total. The highest BCUT2D eigenvalue weighted by molar-refractivity contribution is 5.69. The molecule has 0 amide bonds. The van der Waals surface area contributed by atoms with Crippen molar-refractivity contribution in [3.05, 3.63) is 0 Å². The van der Waals surface area contributed by atoms with Gasteiger partial charge in [0.2, 0.25) is 0 Å². The lowest BCUT2D eigenvalue weighted by Gasteiger charge is -2.31. The van der Waals surface area contributed by atoms with Gasteiger partial charge in [-0.2, -0.15) is 0 Å². The molecule has 0 saturated carbocycles. The number of ether oxygens (including phenoxy) is 3. The van der Waals surface area contributed by atoms with Gasteiger partial charge in [-0.3, -0.25) is 4.79 Å². The monoisotopic (exact) mass is 257 g/mol. The second-order valence-corrected chi connectivity index (χ2v) is 5.32. The fourth-order valence-corrected chi connectivity index (χ4v) is 2.71. The number of hydrogen-bond donors (Lipinski definition) is 1. The van der Waals surface area contributed by atoms with Gasteiger partial charge in [0.05, 0.1) is 26.2 Å². The number of hydrogen-bond acceptors (Lipinski definition) is 5. The van der Waals surface area contributed by atoms with E-state index < -0.39 is 5.79 Å². The van der Waals surface area contributed by atoms with E-state index in [2.05, 4.69) is 10.1 Å². The summed E-state index contributed by atoms with van der Waals surface area (Å²) in [5.41, 5.74) is 0. The van der Waals surface area contributed by atoms with Crippen LogP contribution in [0, 0.1) is 0 Å². The van der Waals surface area contributed by atoms with Gasteiger partial charge in [0.15, 0.2) is 5.79 Å². The molecule has 0 aromatic rings. The van der Waals surface area contributed by atoms with Crippen LogP contribution < -0.4 is 5.32 Å². The Kier molecular flexibility index (Phi) is 4.59. The summed E-state index contributed by atoms with van der Waals surface area (Å²) < 4.78 is 16.2. The normalized spacial score (nSPS) is 36.6. The van der Waals surface area contributed by atoms with Crippen LogP contribution in [0.2, 0.25) is 0 Å². The summed E-state index contributed by atoms with van der Waals surface area (Å²) in [6, 6.07) is 0.459. The van der Waals surface area contributed by atoms with E-state index in [-0.39, 0.29) is 18.5 Å². The third kappa shape index (κ3) is 3.67. The average Bonchev–Trinajstić information content (AvgIpc) is 2.71. The van der Waals surface area contributed by atoms with Gasteiger partial charge < -0.3 is 19.5 Å². The second-order valence-electron chi connectivity index (χ2n) is 5.32. The van der Waals surface area contributed by atoms with Crippen LogP contribution in [0.1, 0.15) is 39.0 Å². The predicted molar refractivity (Wildman–Crippen MR) is 66.1 cm³/mol. The van der Waals surface area contributed by atoms with E-state index in [0.29, 0.717) is 12.6 Å². The lowest BCUT2D eigenvalue weighted by Crippen LogP contribution is -2.41. The molecule has 5 nitrogen and oxygen atoms in total. The van der Waals surface area contributed by atoms with Crippen molar-refractivity contribution in [3.63, 3.8) is 0 Å². The molecule has 2 aliphatic heterocycles. The summed E-state index contributed by atoms with van der Waals surface area (Å²) in [7, 11) is 1.39. The quantitative estimate of drug-likeness (QED) is 0.767. The summed E-state index contributed by atoms with van der Waals surface area (Å²) in [6.45, 7) is 3.51. The Bertz CT molecular complexity index is 291. The predicted octanol–water partition coefficient (Wildman–Crippen LogP) is 1.21. The van der Waals surface area contributed by atoms with Crippen molar-refractivity contribution < 1.29 is 19.0 Å². The number of rotatable bonds is 4. The van der Waals surface area contributed by atoms with Crippen LogP contribution >= 0.6 is 0 Å². The van der Waals surface area contributed by atoms with Gasteiger partial charge in [-0.15, -0.1) is 0 Å². The van der Waals surface area contributed by atoms with Crippen LogP contribution in [0.4, 0.5) is 0 Å². The molecular weight excluding hydrogens is 234 g/mol. The highest BCUT2D eigenvalue weighted by Gasteiger charge is 2.40. The highest BCUT2D eigenvalue weighted by atomic mass is 16.7. The van der Waals surface area contributed by atoms with Gasteiger partial charge in [-0.1, -0.05) is 6.42 Å². The van der Waals surface area contributed by atoms with E-state index in [1.165, 1.54) is 26.4 Å². The first-order chi connectivity index (χ1) is 8.61. The Morgan fingerprint density at radius 3 is 3.00 bits per heavy atom. The number of carbonyl (C=O) groups excluding carboxylic acids is 1. The van der Waals surface area contributed by atoms with Crippen molar-refractivity contribution in [1.82, 2.24) is 5.32 Å². The van der Waals surface area contributed by atoms with Gasteiger partial charge in [-0.25, -0.2) is 0 Å². The molecule has 104 valence electrons. The molecule has 3 atom stereocenters. The zero-order chi connectivity index (χ0) is 13.0. The van der Waals surface area contributed by atoms with Crippen molar-refractivity contribution in [1.29, 1.82) is 0 Å². The van der Waals surface area contributed by atoms with E-state index >= 15 is 0 Å². The maximum atomic E-state index is 11.2. The smallest absolute Gasteiger partial charge is 0.308 e. The molecular formula is C13H23NO4. The standard InChI is InChI=1S/C13H23NO4/c1-13(8-10-5-3-4-6-14-10)17-9-11(18-13)7-12(15)16-2/h10-11,14H,3-9H2,1-2H3. The largest absolute Gasteiger partial charge is 0.469 e. The molecule has 2 rings (SSSR count). The van der Waals surface area contributed by atoms with Crippen molar-refractivity contribution >= 4 is 5.97 Å². The highest BCUT2D eigenvalue weighted by Crippen LogP contribution is 2.31. The van der Waals surface area contributed by atoms with E-state index in [4.69, 9.17) is 9.47 Å². The van der Waals surface area contributed by atoms with Crippen LogP contribution in [-0.4, -0.2) is 44.2 Å². The molecule has 18 heavy (non-hydrogen) atoms. The van der Waals surface area contributed by atoms with E-state index in [9.17, 15) is 4.79 Å². The summed E-state index contributed by atoms with van der Waals surface area (Å²) in [5.74, 6) is -0.808. The summed E-state index contributed by atoms with van der Waals surface area (Å²) in [4.78, 5) is 11.2. The van der Waals surface area contributed by atoms with Crippen molar-refractivity contribution in [2.45, 2.75) is 57.0 Å². The van der Waals surface area contributed by atoms with E-state index in [1.807, 2.05) is 6.92 Å². The van der Waals surface area contributed by atoms with Crippen molar-refractivity contribution in [3.8, 4) is 0 Å². The molecule has 0 bridgehead atoms. The summed E-state index contributed by atoms with van der Waals surface area (Å²) in [6.07, 6.45) is 4.61. The van der Waals surface area contributed by atoms with Gasteiger partial charge in [-0.05, 0) is 26.3 Å². The Balaban J connectivity index is 1.79. The Morgan fingerprint density at radius 2 is 2.33 bits per heavy atom. The molecule has 2 heterocycles. The molecule has 2 aliphatic rings. The minimum absolute atomic E-state index is 0.175. The topological polar surface area (TPSA) is 56.8 Å². The maximum absolute atomic E-state index is 11.2. The molecule has 0 aliphatic carbocycles. The van der Waals surface area contributed by atoms with Gasteiger partial charge in [0.1, 0.15) is 0 Å². The number of piperidine rings is 1. The first-order valence-corrected chi connectivity index (χ1v) is 6.73. The van der Waals surface area contributed by atoms with Gasteiger partial charge in [0, 0.05) is 12.5 Å². The average molecular weight is 257 g/mol. The van der Waals surface area contributed by atoms with E-state index in [0.717, 1.165) is 13.0 Å². The number of carbonyl (C=O) groups is 1. The molecule has 0 aromatic heterocycles. The molecule has 5 heteroatoms. The van der Waals surface area contributed by atoms with Gasteiger partial charge in [0.25, 0.3) is 0 Å². The fraction of sp³-hybridized carbons (Fsp3) is 0.923. The lowest BCUT2D eigenvalue weighted by molar-refractivity contribution is -0.167. The first kappa shape index (κ1) is 13.8. The second kappa shape index (κ2) is 5.99. The lowest BCUT2D eigenvalue weighted by atomic mass is 9.98. The Morgan fingerprint density at radius 1 is 1.50 bits per heavy atom. The van der Waals surface area contributed by atoms with E-state index in [1.54, 1.807) is 0 Å². The van der Waals surface area contributed by atoms with Crippen molar-refractivity contribution in [2.24, 2.45) is 0 Å². The van der Waals surface area contributed by atoms with Crippen LogP contribution in [0.15, 0.2) is 0 Å². The number of esters is 1. The minimum atomic E-state index is -0.562. The zero-order valence-corrected chi connectivity index (χ0v) is 11.2. The number of nitrogens with one attached hydrogen (secondary N) is 1. The third-order valence-electron chi connectivity index (χ3n) is 3.64. The van der Waals surface area contributed by atoms with Crippen LogP contribution in [0.3, 0.4) is 0 Å². The van der Waals surface area contributed by atoms with Crippen LogP contribution in [0.25, 0.3) is 0 Å². The summed E-state index contributed by atoms with van der Waals surface area (Å²) >= 11 is 0. The van der Waals surface area contributed by atoms with Crippen LogP contribution in [0.5, 0.6) is 0 Å². The van der Waals surface area contributed by atoms with Crippen LogP contribution in [-0.2, 0) is 19.0 Å². The molecule has 2 saturated heterocycles. The Labute approximate surface area is 108 Å². The molecule has 0 radical (unpaired) electrons. The molecule has 0 spiro atoms. The molecule has 3 unspecified atom stereocenters. The maximum Gasteiger partial charge on any atom is 0.308 e. The Hall–Kier alpha value is -0.650. The summed E-state index contributed by atoms with van der Waals surface area (Å²) in [5, 5.41) is 3.49. The SMILES string of the molecule is COC(=O)CC1COC(C)(CC2CCCCN2)O1. The third-order valence-corrected chi connectivity index (χ3v) is 3.64. The fourth-order valence-electron chi connectivity index (χ4n) is 2.71. The molecule has 0 aromatic carbocycles. The zero-order valence-electron chi connectivity index (χ0n) is 11.2. The van der Waals surface area contributed by atoms with Gasteiger partial charge >= 0.3 is 5.97 Å². The first-order valence-electron chi connectivity index (χ1n) is 6.73. The molecule has 2 fully saturated rings. The van der Waals surface area contributed by atoms with Crippen molar-refractivity contribution in [2.75, 3.05) is 20.3 Å².